The van der Waals surface area contributed by atoms with Crippen molar-refractivity contribution in [2.45, 2.75) is 19.8 Å². The molecule has 0 spiro atoms. The Hall–Kier alpha value is -1.87. The van der Waals surface area contributed by atoms with Crippen LogP contribution >= 0.6 is 11.6 Å². The minimum Gasteiger partial charge on any atom is -0.398 e. The lowest BCUT2D eigenvalue weighted by atomic mass is 10.0. The van der Waals surface area contributed by atoms with Crippen LogP contribution in [-0.2, 0) is 6.42 Å². The van der Waals surface area contributed by atoms with Crippen molar-refractivity contribution in [3.8, 4) is 0 Å². The summed E-state index contributed by atoms with van der Waals surface area (Å²) in [6.45, 7) is 2.03. The molecule has 0 amide bonds. The van der Waals surface area contributed by atoms with E-state index in [-0.39, 0.29) is 10.9 Å². The van der Waals surface area contributed by atoms with Crippen LogP contribution in [0.15, 0.2) is 36.5 Å². The van der Waals surface area contributed by atoms with Gasteiger partial charge >= 0.3 is 0 Å². The second kappa shape index (κ2) is 5.85. The summed E-state index contributed by atoms with van der Waals surface area (Å²) in [4.78, 5) is 16.0. The molecule has 19 heavy (non-hydrogen) atoms. The molecule has 98 valence electrons. The fourth-order valence-electron chi connectivity index (χ4n) is 1.86. The number of carbonyl (C=O) groups is 1. The first-order chi connectivity index (χ1) is 9.08. The topological polar surface area (TPSA) is 56.0 Å². The van der Waals surface area contributed by atoms with Crippen LogP contribution in [0.1, 0.15) is 27.9 Å². The molecule has 0 radical (unpaired) electrons. The predicted octanol–water partition coefficient (Wildman–Crippen LogP) is 3.44. The molecule has 0 saturated carbocycles. The SMILES string of the molecule is Cc1ccc(CCC(=O)c2c(N)ccnc2Cl)cc1. The second-order valence-electron chi connectivity index (χ2n) is 4.47. The van der Waals surface area contributed by atoms with Crippen LogP contribution in [0.5, 0.6) is 0 Å². The van der Waals surface area contributed by atoms with Gasteiger partial charge in [0, 0.05) is 18.3 Å². The number of anilines is 1. The second-order valence-corrected chi connectivity index (χ2v) is 4.83. The normalized spacial score (nSPS) is 10.4. The third-order valence-corrected chi connectivity index (χ3v) is 3.26. The van der Waals surface area contributed by atoms with Gasteiger partial charge in [-0.15, -0.1) is 0 Å². The summed E-state index contributed by atoms with van der Waals surface area (Å²) in [6, 6.07) is 9.70. The van der Waals surface area contributed by atoms with Crippen LogP contribution in [0.4, 0.5) is 5.69 Å². The molecule has 1 heterocycles. The summed E-state index contributed by atoms with van der Waals surface area (Å²) in [5.74, 6) is -0.0730. The third kappa shape index (κ3) is 3.32. The molecule has 2 N–H and O–H groups in total. The first-order valence-corrected chi connectivity index (χ1v) is 6.44. The average Bonchev–Trinajstić information content (AvgIpc) is 2.38. The number of hydrogen-bond acceptors (Lipinski definition) is 3. The number of benzene rings is 1. The number of aromatic nitrogens is 1. The molecule has 0 unspecified atom stereocenters. The number of ketones is 1. The molecule has 1 aromatic heterocycles. The van der Waals surface area contributed by atoms with E-state index in [4.69, 9.17) is 17.3 Å². The number of Topliss-reactive ketones (excluding diaryl/α,β-unsaturated/α-hetero) is 1. The van der Waals surface area contributed by atoms with Crippen molar-refractivity contribution in [3.63, 3.8) is 0 Å². The van der Waals surface area contributed by atoms with E-state index >= 15 is 0 Å². The van der Waals surface area contributed by atoms with E-state index in [9.17, 15) is 4.79 Å². The molecule has 0 aliphatic heterocycles. The van der Waals surface area contributed by atoms with E-state index in [2.05, 4.69) is 4.98 Å². The highest BCUT2D eigenvalue weighted by Gasteiger charge is 2.14. The number of pyridine rings is 1. The molecule has 4 heteroatoms. The van der Waals surface area contributed by atoms with E-state index in [0.29, 0.717) is 24.1 Å². The van der Waals surface area contributed by atoms with Gasteiger partial charge in [0.2, 0.25) is 0 Å². The van der Waals surface area contributed by atoms with Gasteiger partial charge in [-0.3, -0.25) is 4.79 Å². The standard InChI is InChI=1S/C15H15ClN2O/c1-10-2-4-11(5-3-10)6-7-13(19)14-12(17)8-9-18-15(14)16/h2-5,8-9H,6-7H2,1H3,(H2,17,18). The van der Waals surface area contributed by atoms with Crippen molar-refractivity contribution in [2.24, 2.45) is 0 Å². The number of nitrogens with zero attached hydrogens (tertiary/aromatic N) is 1. The lowest BCUT2D eigenvalue weighted by Crippen LogP contribution is -2.07. The van der Waals surface area contributed by atoms with Gasteiger partial charge in [-0.1, -0.05) is 41.4 Å². The number of rotatable bonds is 4. The van der Waals surface area contributed by atoms with Crippen molar-refractivity contribution in [3.05, 3.63) is 58.4 Å². The summed E-state index contributed by atoms with van der Waals surface area (Å²) in [5.41, 5.74) is 8.81. The maximum absolute atomic E-state index is 12.1. The number of aryl methyl sites for hydroxylation is 2. The maximum atomic E-state index is 12.1. The Bertz CT molecular complexity index is 573. The number of carbonyl (C=O) groups excluding carboxylic acids is 1. The Morgan fingerprint density at radius 3 is 2.58 bits per heavy atom. The average molecular weight is 275 g/mol. The van der Waals surface area contributed by atoms with Gasteiger partial charge in [-0.05, 0) is 25.0 Å². The molecule has 2 rings (SSSR count). The minimum atomic E-state index is -0.0730. The van der Waals surface area contributed by atoms with Gasteiger partial charge in [0.25, 0.3) is 0 Å². The van der Waals surface area contributed by atoms with E-state index in [1.165, 1.54) is 11.8 Å². The molecule has 0 aliphatic rings. The number of hydrogen-bond donors (Lipinski definition) is 1. The summed E-state index contributed by atoms with van der Waals surface area (Å²) >= 11 is 5.91. The smallest absolute Gasteiger partial charge is 0.168 e. The largest absolute Gasteiger partial charge is 0.398 e. The van der Waals surface area contributed by atoms with Crippen LogP contribution in [0.3, 0.4) is 0 Å². The fraction of sp³-hybridized carbons (Fsp3) is 0.200. The van der Waals surface area contributed by atoms with Crippen LogP contribution < -0.4 is 5.73 Å². The number of nitrogen functional groups attached to an aromatic ring is 1. The summed E-state index contributed by atoms with van der Waals surface area (Å²) in [6.07, 6.45) is 2.54. The molecule has 1 aromatic carbocycles. The first kappa shape index (κ1) is 13.6. The lowest BCUT2D eigenvalue weighted by molar-refractivity contribution is 0.0983. The van der Waals surface area contributed by atoms with Gasteiger partial charge in [0.1, 0.15) is 5.15 Å². The molecular weight excluding hydrogens is 260 g/mol. The van der Waals surface area contributed by atoms with Gasteiger partial charge in [-0.2, -0.15) is 0 Å². The predicted molar refractivity (Wildman–Crippen MR) is 77.5 cm³/mol. The highest BCUT2D eigenvalue weighted by Crippen LogP contribution is 2.21. The Labute approximate surface area is 117 Å². The Kier molecular flexibility index (Phi) is 4.17. The molecule has 3 nitrogen and oxygen atoms in total. The van der Waals surface area contributed by atoms with Gasteiger partial charge in [0.15, 0.2) is 5.78 Å². The summed E-state index contributed by atoms with van der Waals surface area (Å²) < 4.78 is 0. The monoisotopic (exact) mass is 274 g/mol. The Morgan fingerprint density at radius 2 is 1.95 bits per heavy atom. The first-order valence-electron chi connectivity index (χ1n) is 6.06. The zero-order valence-corrected chi connectivity index (χ0v) is 11.4. The van der Waals surface area contributed by atoms with Crippen molar-refractivity contribution in [1.82, 2.24) is 4.98 Å². The van der Waals surface area contributed by atoms with Crippen molar-refractivity contribution in [2.75, 3.05) is 5.73 Å². The molecule has 2 aromatic rings. The molecular formula is C15H15ClN2O. The van der Waals surface area contributed by atoms with Crippen LogP contribution in [-0.4, -0.2) is 10.8 Å². The number of nitrogens with two attached hydrogens (primary N) is 1. The Morgan fingerprint density at radius 1 is 1.26 bits per heavy atom. The lowest BCUT2D eigenvalue weighted by Gasteiger charge is -2.06. The van der Waals surface area contributed by atoms with Crippen LogP contribution in [0, 0.1) is 6.92 Å². The Balaban J connectivity index is 2.07. The molecule has 0 atom stereocenters. The molecule has 0 bridgehead atoms. The van der Waals surface area contributed by atoms with E-state index in [1.807, 2.05) is 31.2 Å². The van der Waals surface area contributed by atoms with E-state index < -0.39 is 0 Å². The quantitative estimate of drug-likeness (QED) is 0.686. The zero-order chi connectivity index (χ0) is 13.8. The summed E-state index contributed by atoms with van der Waals surface area (Å²) in [5, 5.41) is 0.175. The van der Waals surface area contributed by atoms with Crippen molar-refractivity contribution >= 4 is 23.1 Å². The molecule has 0 saturated heterocycles. The zero-order valence-electron chi connectivity index (χ0n) is 10.7. The summed E-state index contributed by atoms with van der Waals surface area (Å²) in [7, 11) is 0. The minimum absolute atomic E-state index is 0.0730. The number of halogens is 1. The van der Waals surface area contributed by atoms with Crippen LogP contribution in [0.2, 0.25) is 5.15 Å². The van der Waals surface area contributed by atoms with Gasteiger partial charge in [-0.25, -0.2) is 4.98 Å². The fourth-order valence-corrected chi connectivity index (χ4v) is 2.13. The van der Waals surface area contributed by atoms with Crippen LogP contribution in [0.25, 0.3) is 0 Å². The van der Waals surface area contributed by atoms with Crippen molar-refractivity contribution in [1.29, 1.82) is 0 Å². The highest BCUT2D eigenvalue weighted by molar-refractivity contribution is 6.33. The highest BCUT2D eigenvalue weighted by atomic mass is 35.5. The van der Waals surface area contributed by atoms with E-state index in [1.54, 1.807) is 6.07 Å². The third-order valence-electron chi connectivity index (χ3n) is 2.98. The van der Waals surface area contributed by atoms with E-state index in [0.717, 1.165) is 5.56 Å². The molecule has 0 fully saturated rings. The van der Waals surface area contributed by atoms with Gasteiger partial charge < -0.3 is 5.73 Å². The van der Waals surface area contributed by atoms with Gasteiger partial charge in [0.05, 0.1) is 5.56 Å². The maximum Gasteiger partial charge on any atom is 0.168 e. The van der Waals surface area contributed by atoms with Crippen molar-refractivity contribution < 1.29 is 4.79 Å². The molecule has 0 aliphatic carbocycles.